The van der Waals surface area contributed by atoms with Crippen LogP contribution in [0.3, 0.4) is 0 Å². The van der Waals surface area contributed by atoms with E-state index in [0.29, 0.717) is 40.9 Å². The molecule has 0 fully saturated rings. The molecule has 3 heterocycles. The molecule has 2 aromatic heterocycles. The quantitative estimate of drug-likeness (QED) is 0.242. The second kappa shape index (κ2) is 11.3. The fraction of sp³-hybridized carbons (Fsp3) is 0.333. The SMILES string of the molecule is CCCCCOc1ccc(C2C(C(=O)c3cccs3)=C(O)C(=O)N2Cc2ccco2)cc1OCC. The summed E-state index contributed by atoms with van der Waals surface area (Å²) in [5.41, 5.74) is 0.682. The number of benzene rings is 1. The van der Waals surface area contributed by atoms with Gasteiger partial charge in [0, 0.05) is 0 Å². The van der Waals surface area contributed by atoms with Crippen molar-refractivity contribution >= 4 is 23.0 Å². The summed E-state index contributed by atoms with van der Waals surface area (Å²) in [6, 6.07) is 11.5. The number of rotatable bonds is 12. The minimum atomic E-state index is -0.810. The number of aliphatic hydroxyl groups excluding tert-OH is 1. The number of amides is 1. The third-order valence-corrected chi connectivity index (χ3v) is 6.66. The molecule has 4 rings (SSSR count). The van der Waals surface area contributed by atoms with Gasteiger partial charge < -0.3 is 23.9 Å². The molecule has 184 valence electrons. The number of hydrogen-bond donors (Lipinski definition) is 1. The number of carbonyl (C=O) groups excluding carboxylic acids is 2. The van der Waals surface area contributed by atoms with E-state index in [4.69, 9.17) is 13.9 Å². The van der Waals surface area contributed by atoms with Gasteiger partial charge in [0.15, 0.2) is 17.3 Å². The summed E-state index contributed by atoms with van der Waals surface area (Å²) < 4.78 is 17.3. The van der Waals surface area contributed by atoms with Crippen LogP contribution in [0.15, 0.2) is 69.9 Å². The molecular formula is C27H29NO6S. The lowest BCUT2D eigenvalue weighted by Crippen LogP contribution is -2.30. The minimum Gasteiger partial charge on any atom is -0.503 e. The summed E-state index contributed by atoms with van der Waals surface area (Å²) in [7, 11) is 0. The number of aliphatic hydroxyl groups is 1. The fourth-order valence-electron chi connectivity index (χ4n) is 4.12. The zero-order valence-corrected chi connectivity index (χ0v) is 20.7. The Kier molecular flexibility index (Phi) is 7.92. The zero-order chi connectivity index (χ0) is 24.8. The van der Waals surface area contributed by atoms with E-state index >= 15 is 0 Å². The van der Waals surface area contributed by atoms with E-state index in [0.717, 1.165) is 19.3 Å². The van der Waals surface area contributed by atoms with Crippen LogP contribution in [0.25, 0.3) is 0 Å². The third-order valence-electron chi connectivity index (χ3n) is 5.79. The van der Waals surface area contributed by atoms with Gasteiger partial charge in [-0.15, -0.1) is 11.3 Å². The van der Waals surface area contributed by atoms with E-state index in [9.17, 15) is 14.7 Å². The van der Waals surface area contributed by atoms with E-state index < -0.39 is 17.7 Å². The molecular weight excluding hydrogens is 466 g/mol. The van der Waals surface area contributed by atoms with Crippen LogP contribution in [0.1, 0.15) is 60.1 Å². The molecule has 1 amide bonds. The fourth-order valence-corrected chi connectivity index (χ4v) is 4.80. The lowest BCUT2D eigenvalue weighted by molar-refractivity contribution is -0.130. The molecule has 8 heteroatoms. The first-order chi connectivity index (χ1) is 17.0. The molecule has 3 aromatic rings. The van der Waals surface area contributed by atoms with Crippen LogP contribution < -0.4 is 9.47 Å². The molecule has 1 aliphatic heterocycles. The minimum absolute atomic E-state index is 0.0445. The number of ketones is 1. The Hall–Kier alpha value is -3.52. The molecule has 0 saturated heterocycles. The maximum absolute atomic E-state index is 13.4. The molecule has 0 aliphatic carbocycles. The summed E-state index contributed by atoms with van der Waals surface area (Å²) in [6.07, 6.45) is 4.63. The van der Waals surface area contributed by atoms with Crippen LogP contribution in [0.4, 0.5) is 0 Å². The topological polar surface area (TPSA) is 89.2 Å². The number of carbonyl (C=O) groups is 2. The first-order valence-corrected chi connectivity index (χ1v) is 12.7. The highest BCUT2D eigenvalue weighted by atomic mass is 32.1. The molecule has 1 atom stereocenters. The monoisotopic (exact) mass is 495 g/mol. The van der Waals surface area contributed by atoms with Crippen molar-refractivity contribution in [3.8, 4) is 11.5 Å². The van der Waals surface area contributed by atoms with E-state index in [1.54, 1.807) is 41.8 Å². The van der Waals surface area contributed by atoms with E-state index in [-0.39, 0.29) is 17.9 Å². The van der Waals surface area contributed by atoms with Gasteiger partial charge in [0.25, 0.3) is 5.91 Å². The molecule has 7 nitrogen and oxygen atoms in total. The van der Waals surface area contributed by atoms with Crippen molar-refractivity contribution in [2.75, 3.05) is 13.2 Å². The lowest BCUT2D eigenvalue weighted by atomic mass is 9.95. The first kappa shape index (κ1) is 24.6. The van der Waals surface area contributed by atoms with Crippen molar-refractivity contribution in [1.29, 1.82) is 0 Å². The van der Waals surface area contributed by atoms with Gasteiger partial charge >= 0.3 is 0 Å². The molecule has 1 aromatic carbocycles. The van der Waals surface area contributed by atoms with Gasteiger partial charge in [-0.3, -0.25) is 9.59 Å². The van der Waals surface area contributed by atoms with Crippen LogP contribution in [0.2, 0.25) is 0 Å². The van der Waals surface area contributed by atoms with Gasteiger partial charge in [-0.25, -0.2) is 0 Å². The Balaban J connectivity index is 1.73. The summed E-state index contributed by atoms with van der Waals surface area (Å²) in [4.78, 5) is 28.5. The molecule has 0 radical (unpaired) electrons. The maximum atomic E-state index is 13.4. The van der Waals surface area contributed by atoms with E-state index in [1.807, 2.05) is 13.0 Å². The van der Waals surface area contributed by atoms with Crippen molar-refractivity contribution in [3.05, 3.63) is 81.6 Å². The Morgan fingerprint density at radius 1 is 1.11 bits per heavy atom. The molecule has 0 bridgehead atoms. The van der Waals surface area contributed by atoms with Crippen molar-refractivity contribution < 1.29 is 28.6 Å². The third kappa shape index (κ3) is 5.27. The van der Waals surface area contributed by atoms with Crippen LogP contribution >= 0.6 is 11.3 Å². The predicted molar refractivity (Wildman–Crippen MR) is 133 cm³/mol. The summed E-state index contributed by atoms with van der Waals surface area (Å²) >= 11 is 1.26. The van der Waals surface area contributed by atoms with Gasteiger partial charge in [-0.2, -0.15) is 0 Å². The second-order valence-electron chi connectivity index (χ2n) is 8.18. The number of nitrogens with zero attached hydrogens (tertiary/aromatic N) is 1. The number of Topliss-reactive ketones (excluding diaryl/α,β-unsaturated/α-hetero) is 1. The largest absolute Gasteiger partial charge is 0.503 e. The van der Waals surface area contributed by atoms with Gasteiger partial charge in [-0.1, -0.05) is 31.9 Å². The molecule has 1 unspecified atom stereocenters. The number of hydrogen-bond acceptors (Lipinski definition) is 7. The summed E-state index contributed by atoms with van der Waals surface area (Å²) in [6.45, 7) is 5.11. The Morgan fingerprint density at radius 2 is 1.97 bits per heavy atom. The Bertz CT molecular complexity index is 1180. The zero-order valence-electron chi connectivity index (χ0n) is 19.9. The average molecular weight is 496 g/mol. The van der Waals surface area contributed by atoms with E-state index in [2.05, 4.69) is 6.92 Å². The first-order valence-electron chi connectivity index (χ1n) is 11.8. The van der Waals surface area contributed by atoms with Crippen LogP contribution in [0, 0.1) is 0 Å². The van der Waals surface area contributed by atoms with Crippen molar-refractivity contribution in [3.63, 3.8) is 0 Å². The lowest BCUT2D eigenvalue weighted by Gasteiger charge is -2.26. The van der Waals surface area contributed by atoms with Gasteiger partial charge in [0.2, 0.25) is 5.78 Å². The number of ether oxygens (including phenoxy) is 2. The van der Waals surface area contributed by atoms with E-state index in [1.165, 1.54) is 22.5 Å². The summed E-state index contributed by atoms with van der Waals surface area (Å²) in [5, 5.41) is 12.6. The van der Waals surface area contributed by atoms with Crippen LogP contribution in [-0.4, -0.2) is 34.9 Å². The average Bonchev–Trinajstić information content (AvgIpc) is 3.62. The molecule has 0 spiro atoms. The standard InChI is InChI=1S/C27H29NO6S/c1-3-5-6-13-34-20-12-11-18(16-21(20)32-4-2)24-23(25(29)22-10-8-15-35-22)26(30)27(31)28(24)17-19-9-7-14-33-19/h7-12,14-16,24,30H,3-6,13,17H2,1-2H3. The van der Waals surface area contributed by atoms with Crippen LogP contribution in [-0.2, 0) is 11.3 Å². The van der Waals surface area contributed by atoms with Crippen molar-refractivity contribution in [2.24, 2.45) is 0 Å². The molecule has 1 aliphatic rings. The van der Waals surface area contributed by atoms with Gasteiger partial charge in [-0.05, 0) is 54.6 Å². The highest BCUT2D eigenvalue weighted by Crippen LogP contribution is 2.43. The Labute approximate surface area is 208 Å². The van der Waals surface area contributed by atoms with Gasteiger partial charge in [0.1, 0.15) is 5.76 Å². The number of thiophene rings is 1. The second-order valence-corrected chi connectivity index (χ2v) is 9.13. The van der Waals surface area contributed by atoms with Crippen molar-refractivity contribution in [2.45, 2.75) is 45.7 Å². The maximum Gasteiger partial charge on any atom is 0.290 e. The highest BCUT2D eigenvalue weighted by molar-refractivity contribution is 7.12. The normalized spacial score (nSPS) is 15.7. The Morgan fingerprint density at radius 3 is 2.66 bits per heavy atom. The molecule has 35 heavy (non-hydrogen) atoms. The highest BCUT2D eigenvalue weighted by Gasteiger charge is 2.44. The number of furan rings is 1. The van der Waals surface area contributed by atoms with Gasteiger partial charge in [0.05, 0.1) is 42.5 Å². The van der Waals surface area contributed by atoms with Crippen molar-refractivity contribution in [1.82, 2.24) is 4.90 Å². The van der Waals surface area contributed by atoms with Crippen LogP contribution in [0.5, 0.6) is 11.5 Å². The molecule has 1 N–H and O–H groups in total. The molecule has 0 saturated carbocycles. The summed E-state index contributed by atoms with van der Waals surface area (Å²) in [5.74, 6) is 0.133. The number of unbranched alkanes of at least 4 members (excludes halogenated alkanes) is 2. The smallest absolute Gasteiger partial charge is 0.290 e. The predicted octanol–water partition coefficient (Wildman–Crippen LogP) is 6.09.